The molecule has 1 aromatic heterocycles. The third-order valence-electron chi connectivity index (χ3n) is 2.84. The molecule has 0 aliphatic carbocycles. The summed E-state index contributed by atoms with van der Waals surface area (Å²) < 4.78 is 1.11. The van der Waals surface area contributed by atoms with Gasteiger partial charge in [-0.3, -0.25) is 4.79 Å². The highest BCUT2D eigenvalue weighted by Gasteiger charge is 2.19. The molecule has 1 aliphatic heterocycles. The summed E-state index contributed by atoms with van der Waals surface area (Å²) in [5, 5.41) is 1.23. The van der Waals surface area contributed by atoms with Crippen LogP contribution >= 0.6 is 27.3 Å². The summed E-state index contributed by atoms with van der Waals surface area (Å²) in [6.07, 6.45) is 4.82. The summed E-state index contributed by atoms with van der Waals surface area (Å²) >= 11 is 5.19. The fraction of sp³-hybridized carbons (Fsp3) is 0.545. The molecule has 2 nitrogen and oxygen atoms in total. The summed E-state index contributed by atoms with van der Waals surface area (Å²) in [6, 6.07) is 0. The maximum absolute atomic E-state index is 10.8. The molecule has 2 rings (SSSR count). The highest BCUT2D eigenvalue weighted by Crippen LogP contribution is 2.40. The lowest BCUT2D eigenvalue weighted by atomic mass is 10.1. The van der Waals surface area contributed by atoms with E-state index in [0.29, 0.717) is 0 Å². The average molecular weight is 288 g/mol. The Morgan fingerprint density at radius 2 is 2.00 bits per heavy atom. The summed E-state index contributed by atoms with van der Waals surface area (Å²) in [7, 11) is 0. The van der Waals surface area contributed by atoms with Crippen LogP contribution in [0.5, 0.6) is 0 Å². The van der Waals surface area contributed by atoms with Crippen LogP contribution in [-0.2, 0) is 0 Å². The van der Waals surface area contributed by atoms with Crippen molar-refractivity contribution in [2.24, 2.45) is 0 Å². The number of rotatable bonds is 2. The molecule has 4 heteroatoms. The van der Waals surface area contributed by atoms with Crippen LogP contribution in [0.1, 0.15) is 34.5 Å². The highest BCUT2D eigenvalue weighted by molar-refractivity contribution is 9.10. The van der Waals surface area contributed by atoms with Crippen LogP contribution in [0.3, 0.4) is 0 Å². The zero-order valence-electron chi connectivity index (χ0n) is 8.75. The van der Waals surface area contributed by atoms with Gasteiger partial charge >= 0.3 is 0 Å². The van der Waals surface area contributed by atoms with Crippen LogP contribution in [-0.4, -0.2) is 19.4 Å². The van der Waals surface area contributed by atoms with Crippen LogP contribution in [0.2, 0.25) is 0 Å². The Balaban J connectivity index is 2.30. The molecule has 0 atom stereocenters. The number of carbonyl (C=O) groups is 1. The van der Waals surface area contributed by atoms with E-state index in [9.17, 15) is 4.79 Å². The largest absolute Gasteiger partial charge is 0.363 e. The van der Waals surface area contributed by atoms with E-state index >= 15 is 0 Å². The van der Waals surface area contributed by atoms with Gasteiger partial charge in [0.05, 0.1) is 9.35 Å². The molecule has 2 heterocycles. The molecule has 82 valence electrons. The van der Waals surface area contributed by atoms with Crippen molar-refractivity contribution in [3.05, 3.63) is 14.9 Å². The van der Waals surface area contributed by atoms with Gasteiger partial charge in [-0.25, -0.2) is 0 Å². The van der Waals surface area contributed by atoms with Gasteiger partial charge in [0.2, 0.25) is 0 Å². The average Bonchev–Trinajstić information content (AvgIpc) is 2.57. The van der Waals surface area contributed by atoms with Crippen LogP contribution < -0.4 is 4.90 Å². The minimum absolute atomic E-state index is 0.849. The van der Waals surface area contributed by atoms with Crippen molar-refractivity contribution >= 4 is 38.6 Å². The smallest absolute Gasteiger partial charge is 0.160 e. The molecule has 0 saturated carbocycles. The second-order valence-corrected chi connectivity index (χ2v) is 5.70. The molecule has 0 bridgehead atoms. The fourth-order valence-corrected chi connectivity index (χ4v) is 3.81. The van der Waals surface area contributed by atoms with Gasteiger partial charge < -0.3 is 4.90 Å². The Morgan fingerprint density at radius 1 is 1.33 bits per heavy atom. The Labute approximate surface area is 102 Å². The first-order valence-electron chi connectivity index (χ1n) is 5.23. The normalized spacial score (nSPS) is 16.8. The molecule has 0 N–H and O–H groups in total. The molecule has 1 aliphatic rings. The number of anilines is 1. The van der Waals surface area contributed by atoms with Crippen LogP contribution in [0.4, 0.5) is 5.00 Å². The summed E-state index contributed by atoms with van der Waals surface area (Å²) in [6.45, 7) is 4.24. The molecule has 0 spiro atoms. The zero-order chi connectivity index (χ0) is 10.8. The van der Waals surface area contributed by atoms with Gasteiger partial charge in [-0.2, -0.15) is 0 Å². The lowest BCUT2D eigenvalue weighted by Crippen LogP contribution is -2.28. The first kappa shape index (κ1) is 11.1. The number of halogens is 1. The Hall–Kier alpha value is -0.350. The Morgan fingerprint density at radius 3 is 2.53 bits per heavy atom. The first-order valence-corrected chi connectivity index (χ1v) is 6.84. The van der Waals surface area contributed by atoms with E-state index in [1.807, 2.05) is 6.92 Å². The summed E-state index contributed by atoms with van der Waals surface area (Å²) in [5.74, 6) is 0. The van der Waals surface area contributed by atoms with Crippen molar-refractivity contribution < 1.29 is 4.79 Å². The van der Waals surface area contributed by atoms with E-state index in [0.717, 1.165) is 34.3 Å². The number of aldehydes is 1. The second-order valence-electron chi connectivity index (χ2n) is 3.88. The molecule has 0 aromatic carbocycles. The van der Waals surface area contributed by atoms with E-state index in [1.165, 1.54) is 24.3 Å². The van der Waals surface area contributed by atoms with E-state index in [1.54, 1.807) is 11.3 Å². The second kappa shape index (κ2) is 4.66. The van der Waals surface area contributed by atoms with Crippen molar-refractivity contribution in [1.82, 2.24) is 0 Å². The van der Waals surface area contributed by atoms with Crippen LogP contribution in [0.25, 0.3) is 0 Å². The van der Waals surface area contributed by atoms with Gasteiger partial charge in [-0.15, -0.1) is 11.3 Å². The van der Waals surface area contributed by atoms with Gasteiger partial charge in [0.25, 0.3) is 0 Å². The lowest BCUT2D eigenvalue weighted by molar-refractivity contribution is 0.112. The van der Waals surface area contributed by atoms with Gasteiger partial charge in [0.15, 0.2) is 6.29 Å². The van der Waals surface area contributed by atoms with E-state index < -0.39 is 0 Å². The predicted molar refractivity (Wildman–Crippen MR) is 68.2 cm³/mol. The first-order chi connectivity index (χ1) is 7.24. The standard InChI is InChI=1S/C11H14BrNOS/c1-8-9(7-14)15-11(10(8)12)13-5-3-2-4-6-13/h7H,2-6H2,1H3. The molecular weight excluding hydrogens is 274 g/mol. The maximum atomic E-state index is 10.8. The molecular formula is C11H14BrNOS. The van der Waals surface area contributed by atoms with Crippen molar-refractivity contribution in [2.45, 2.75) is 26.2 Å². The van der Waals surface area contributed by atoms with Gasteiger partial charge in [0, 0.05) is 13.1 Å². The topological polar surface area (TPSA) is 20.3 Å². The third-order valence-corrected chi connectivity index (χ3v) is 5.35. The van der Waals surface area contributed by atoms with Crippen molar-refractivity contribution in [1.29, 1.82) is 0 Å². The molecule has 1 aromatic rings. The van der Waals surface area contributed by atoms with Gasteiger partial charge in [0.1, 0.15) is 5.00 Å². The summed E-state index contributed by atoms with van der Waals surface area (Å²) in [4.78, 5) is 14.1. The SMILES string of the molecule is Cc1c(C=O)sc(N2CCCCC2)c1Br. The maximum Gasteiger partial charge on any atom is 0.160 e. The quantitative estimate of drug-likeness (QED) is 0.775. The predicted octanol–water partition coefficient (Wildman–Crippen LogP) is 3.62. The van der Waals surface area contributed by atoms with Crippen LogP contribution in [0.15, 0.2) is 4.47 Å². The fourth-order valence-electron chi connectivity index (χ4n) is 1.91. The molecule has 1 fully saturated rings. The summed E-state index contributed by atoms with van der Waals surface area (Å²) in [5.41, 5.74) is 1.08. The number of piperidine rings is 1. The molecule has 15 heavy (non-hydrogen) atoms. The molecule has 0 unspecified atom stereocenters. The number of nitrogens with zero attached hydrogens (tertiary/aromatic N) is 1. The van der Waals surface area contributed by atoms with E-state index in [4.69, 9.17) is 0 Å². The highest BCUT2D eigenvalue weighted by atomic mass is 79.9. The van der Waals surface area contributed by atoms with Crippen LogP contribution in [0, 0.1) is 6.92 Å². The van der Waals surface area contributed by atoms with Crippen molar-refractivity contribution in [3.8, 4) is 0 Å². The minimum atomic E-state index is 0.849. The van der Waals surface area contributed by atoms with Gasteiger partial charge in [-0.05, 0) is 47.7 Å². The molecule has 1 saturated heterocycles. The number of carbonyl (C=O) groups excluding carboxylic acids is 1. The molecule has 0 amide bonds. The zero-order valence-corrected chi connectivity index (χ0v) is 11.2. The molecule has 0 radical (unpaired) electrons. The third kappa shape index (κ3) is 2.11. The van der Waals surface area contributed by atoms with Gasteiger partial charge in [-0.1, -0.05) is 0 Å². The Kier molecular flexibility index (Phi) is 3.46. The number of thiophene rings is 1. The van der Waals surface area contributed by atoms with Crippen molar-refractivity contribution in [2.75, 3.05) is 18.0 Å². The monoisotopic (exact) mass is 287 g/mol. The Bertz CT molecular complexity index is 369. The number of hydrogen-bond donors (Lipinski definition) is 0. The minimum Gasteiger partial charge on any atom is -0.363 e. The van der Waals surface area contributed by atoms with E-state index in [-0.39, 0.29) is 0 Å². The lowest BCUT2D eigenvalue weighted by Gasteiger charge is -2.27. The van der Waals surface area contributed by atoms with E-state index in [2.05, 4.69) is 20.8 Å². The number of hydrogen-bond acceptors (Lipinski definition) is 3. The van der Waals surface area contributed by atoms with Crippen molar-refractivity contribution in [3.63, 3.8) is 0 Å².